The Kier molecular flexibility index (Phi) is 13.0. The highest BCUT2D eigenvalue weighted by atomic mass is 32.2. The van der Waals surface area contributed by atoms with Crippen LogP contribution in [0.2, 0.25) is 0 Å². The van der Waals surface area contributed by atoms with E-state index in [0.29, 0.717) is 52.4 Å². The fourth-order valence-electron chi connectivity index (χ4n) is 4.53. The maximum absolute atomic E-state index is 13.4. The number of hydrogen-bond donors (Lipinski definition) is 2. The molecule has 0 bridgehead atoms. The first kappa shape index (κ1) is 34.6. The number of fused-ring (bicyclic) bond motifs is 1. The molecule has 0 saturated carbocycles. The van der Waals surface area contributed by atoms with Gasteiger partial charge in [-0.05, 0) is 36.5 Å². The summed E-state index contributed by atoms with van der Waals surface area (Å²) in [5, 5.41) is 16.9. The highest BCUT2D eigenvalue weighted by Gasteiger charge is 2.54. The number of aromatic nitrogens is 5. The Morgan fingerprint density at radius 2 is 2.00 bits per heavy atom. The molecule has 246 valence electrons. The molecule has 4 rings (SSSR count). The summed E-state index contributed by atoms with van der Waals surface area (Å²) in [5.74, 6) is -0.877. The third-order valence-corrected chi connectivity index (χ3v) is 9.98. The lowest BCUT2D eigenvalue weighted by atomic mass is 10.0. The van der Waals surface area contributed by atoms with E-state index in [1.807, 2.05) is 19.0 Å². The van der Waals surface area contributed by atoms with E-state index >= 15 is 0 Å². The first-order valence-electron chi connectivity index (χ1n) is 14.7. The average molecular weight is 682 g/mol. The van der Waals surface area contributed by atoms with E-state index < -0.39 is 23.3 Å². The number of tetrazole rings is 1. The van der Waals surface area contributed by atoms with Crippen molar-refractivity contribution in [2.45, 2.75) is 68.6 Å². The van der Waals surface area contributed by atoms with Gasteiger partial charge in [-0.25, -0.2) is 14.5 Å². The van der Waals surface area contributed by atoms with Crippen molar-refractivity contribution in [3.63, 3.8) is 0 Å². The number of nitrogens with two attached hydrogens (primary N) is 1. The molecule has 3 N–H and O–H groups in total. The maximum Gasteiger partial charge on any atom is 0.355 e. The van der Waals surface area contributed by atoms with Gasteiger partial charge in [-0.2, -0.15) is 0 Å². The summed E-state index contributed by atoms with van der Waals surface area (Å²) in [4.78, 5) is 58.9. The molecule has 4 heterocycles. The van der Waals surface area contributed by atoms with Crippen LogP contribution < -0.4 is 11.1 Å². The molecule has 2 aromatic heterocycles. The van der Waals surface area contributed by atoms with Gasteiger partial charge in [-0.3, -0.25) is 19.3 Å². The fourth-order valence-corrected chi connectivity index (χ4v) is 7.48. The lowest BCUT2D eigenvalue weighted by molar-refractivity contribution is -0.153. The molecule has 1 saturated heterocycles. The second-order valence-corrected chi connectivity index (χ2v) is 13.6. The standard InChI is InChI=1S/C27H39N9O6S3/c1-4-5-6-8-20(38)41-11-7-12-42-25(40)22-17(15-45-27-31-32-33-35(27)10-9-34(2)3)14-43-24-21(23(39)36(22)24)30-19(37)13-18-16-44-26(28)29-18/h16,21,24H,4-15H2,1-3H3,(H2,28,29)(H,30,37)/t21-,24+/m1/s1. The summed E-state index contributed by atoms with van der Waals surface area (Å²) < 4.78 is 12.5. The van der Waals surface area contributed by atoms with Crippen molar-refractivity contribution in [1.29, 1.82) is 0 Å². The Labute approximate surface area is 274 Å². The molecule has 2 aliphatic heterocycles. The van der Waals surface area contributed by atoms with E-state index in [1.165, 1.54) is 39.8 Å². The number of esters is 2. The van der Waals surface area contributed by atoms with Crippen LogP contribution in [-0.2, 0) is 41.6 Å². The van der Waals surface area contributed by atoms with Crippen molar-refractivity contribution in [1.82, 2.24) is 40.3 Å². The van der Waals surface area contributed by atoms with Gasteiger partial charge in [0.05, 0.1) is 31.9 Å². The number of anilines is 1. The lowest BCUT2D eigenvalue weighted by Gasteiger charge is -2.49. The predicted octanol–water partition coefficient (Wildman–Crippen LogP) is 1.32. The van der Waals surface area contributed by atoms with Crippen LogP contribution in [-0.4, -0.2) is 116 Å². The van der Waals surface area contributed by atoms with Crippen molar-refractivity contribution in [2.75, 3.05) is 51.1 Å². The average Bonchev–Trinajstić information content (AvgIpc) is 3.64. The number of hydrogen-bond acceptors (Lipinski definition) is 15. The Hall–Kier alpha value is -3.22. The summed E-state index contributed by atoms with van der Waals surface area (Å²) in [7, 11) is 3.92. The molecule has 0 unspecified atom stereocenters. The van der Waals surface area contributed by atoms with E-state index in [2.05, 4.69) is 32.7 Å². The normalized spacial score (nSPS) is 17.7. The van der Waals surface area contributed by atoms with Crippen LogP contribution in [0.25, 0.3) is 0 Å². The zero-order valence-corrected chi connectivity index (χ0v) is 28.0. The second-order valence-electron chi connectivity index (χ2n) is 10.7. The van der Waals surface area contributed by atoms with E-state index in [1.54, 1.807) is 10.1 Å². The Balaban J connectivity index is 1.40. The zero-order chi connectivity index (χ0) is 32.3. The molecule has 0 spiro atoms. The van der Waals surface area contributed by atoms with Gasteiger partial charge in [-0.1, -0.05) is 31.5 Å². The predicted molar refractivity (Wildman–Crippen MR) is 170 cm³/mol. The second kappa shape index (κ2) is 16.9. The number of unbranched alkanes of at least 4 members (excludes halogenated alkanes) is 2. The summed E-state index contributed by atoms with van der Waals surface area (Å²) in [6.45, 7) is 3.55. The van der Waals surface area contributed by atoms with E-state index in [0.717, 1.165) is 25.8 Å². The van der Waals surface area contributed by atoms with Crippen LogP contribution in [0.1, 0.15) is 44.7 Å². The molecule has 18 heteroatoms. The number of thioether (sulfide) groups is 2. The molecule has 2 aromatic rings. The number of carbonyl (C=O) groups is 4. The monoisotopic (exact) mass is 681 g/mol. The van der Waals surface area contributed by atoms with Gasteiger partial charge in [0.15, 0.2) is 5.13 Å². The number of ether oxygens (including phenoxy) is 2. The molecule has 2 amide bonds. The van der Waals surface area contributed by atoms with Crippen molar-refractivity contribution < 1.29 is 28.7 Å². The lowest BCUT2D eigenvalue weighted by Crippen LogP contribution is -2.70. The fraction of sp³-hybridized carbons (Fsp3) is 0.630. The molecule has 2 atom stereocenters. The molecule has 45 heavy (non-hydrogen) atoms. The largest absolute Gasteiger partial charge is 0.466 e. The third-order valence-electron chi connectivity index (χ3n) is 6.87. The topological polar surface area (TPSA) is 188 Å². The van der Waals surface area contributed by atoms with Gasteiger partial charge in [0, 0.05) is 36.3 Å². The van der Waals surface area contributed by atoms with Gasteiger partial charge in [0.25, 0.3) is 5.91 Å². The quantitative estimate of drug-likeness (QED) is 0.0992. The number of likely N-dealkylation sites (N-methyl/N-ethyl adjacent to an activating group) is 1. The third kappa shape index (κ3) is 9.64. The zero-order valence-electron chi connectivity index (χ0n) is 25.6. The number of nitrogens with one attached hydrogen (secondary N) is 1. The highest BCUT2D eigenvalue weighted by Crippen LogP contribution is 2.42. The molecule has 1 fully saturated rings. The molecular weight excluding hydrogens is 643 g/mol. The molecule has 0 aliphatic carbocycles. The first-order valence-corrected chi connectivity index (χ1v) is 17.6. The smallest absolute Gasteiger partial charge is 0.355 e. The van der Waals surface area contributed by atoms with E-state index in [9.17, 15) is 19.2 Å². The maximum atomic E-state index is 13.4. The summed E-state index contributed by atoms with van der Waals surface area (Å²) in [5.41, 5.74) is 7.05. The Bertz CT molecular complexity index is 1380. The summed E-state index contributed by atoms with van der Waals surface area (Å²) >= 11 is 4.07. The van der Waals surface area contributed by atoms with Crippen molar-refractivity contribution in [3.05, 3.63) is 22.3 Å². The molecule has 15 nitrogen and oxygen atoms in total. The number of amides is 2. The van der Waals surface area contributed by atoms with E-state index in [-0.39, 0.29) is 37.2 Å². The van der Waals surface area contributed by atoms with Gasteiger partial charge < -0.3 is 25.4 Å². The molecule has 0 aromatic carbocycles. The Morgan fingerprint density at radius 1 is 1.20 bits per heavy atom. The highest BCUT2D eigenvalue weighted by molar-refractivity contribution is 8.01. The van der Waals surface area contributed by atoms with Gasteiger partial charge in [0.2, 0.25) is 11.1 Å². The Morgan fingerprint density at radius 3 is 2.73 bits per heavy atom. The van der Waals surface area contributed by atoms with Crippen LogP contribution >= 0.6 is 34.9 Å². The number of nitrogens with zero attached hydrogens (tertiary/aromatic N) is 7. The minimum absolute atomic E-state index is 0.00673. The van der Waals surface area contributed by atoms with Crippen LogP contribution in [0.15, 0.2) is 21.8 Å². The minimum Gasteiger partial charge on any atom is -0.466 e. The number of carbonyl (C=O) groups excluding carboxylic acids is 4. The van der Waals surface area contributed by atoms with Crippen LogP contribution in [0.3, 0.4) is 0 Å². The van der Waals surface area contributed by atoms with Crippen LogP contribution in [0.4, 0.5) is 5.13 Å². The van der Waals surface area contributed by atoms with Crippen molar-refractivity contribution in [3.8, 4) is 0 Å². The molecule has 2 aliphatic rings. The SMILES string of the molecule is CCCCCC(=O)OCCCOC(=O)C1=C(CSc2nnnn2CCN(C)C)CS[C@H]2[C@H](NC(=O)Cc3csc(N)n3)C(=O)N12. The van der Waals surface area contributed by atoms with Gasteiger partial charge in [0.1, 0.15) is 17.1 Å². The number of β-lactam (4-membered cyclic amide) rings is 1. The van der Waals surface area contributed by atoms with Crippen LogP contribution in [0, 0.1) is 0 Å². The summed E-state index contributed by atoms with van der Waals surface area (Å²) in [6, 6.07) is -0.791. The van der Waals surface area contributed by atoms with Crippen LogP contribution in [0.5, 0.6) is 0 Å². The first-order chi connectivity index (χ1) is 21.7. The minimum atomic E-state index is -0.791. The van der Waals surface area contributed by atoms with Crippen molar-refractivity contribution in [2.24, 2.45) is 0 Å². The van der Waals surface area contributed by atoms with Crippen molar-refractivity contribution >= 4 is 63.7 Å². The van der Waals surface area contributed by atoms with Gasteiger partial charge >= 0.3 is 11.9 Å². The number of rotatable bonds is 18. The number of thiazole rings is 1. The summed E-state index contributed by atoms with van der Waals surface area (Å²) in [6.07, 6.45) is 3.45. The molecular formula is C27H39N9O6S3. The molecule has 0 radical (unpaired) electrons. The number of nitrogen functional groups attached to an aromatic ring is 1. The van der Waals surface area contributed by atoms with Gasteiger partial charge in [-0.15, -0.1) is 28.2 Å². The van der Waals surface area contributed by atoms with E-state index in [4.69, 9.17) is 15.2 Å².